The summed E-state index contributed by atoms with van der Waals surface area (Å²) >= 11 is 6.96. The zero-order chi connectivity index (χ0) is 22.4. The van der Waals surface area contributed by atoms with Crippen LogP contribution in [0, 0.1) is 0 Å². The van der Waals surface area contributed by atoms with E-state index in [4.69, 9.17) is 11.6 Å². The molecule has 0 radical (unpaired) electrons. The molecule has 0 aliphatic carbocycles. The molecular formula is C19H16ClN5O4S2. The summed E-state index contributed by atoms with van der Waals surface area (Å²) in [6.45, 7) is 1.23. The maximum atomic E-state index is 12.4. The number of sulfonamides is 1. The monoisotopic (exact) mass is 477 g/mol. The molecule has 0 saturated heterocycles. The largest absolute Gasteiger partial charge is 0.324 e. The molecule has 0 spiro atoms. The van der Waals surface area contributed by atoms with Gasteiger partial charge in [0.15, 0.2) is 10.9 Å². The fourth-order valence-electron chi connectivity index (χ4n) is 2.33. The van der Waals surface area contributed by atoms with Gasteiger partial charge in [-0.2, -0.15) is 10.2 Å². The van der Waals surface area contributed by atoms with Crippen molar-refractivity contribution < 1.29 is 18.0 Å². The second-order valence-electron chi connectivity index (χ2n) is 6.16. The average molecular weight is 478 g/mol. The van der Waals surface area contributed by atoms with E-state index < -0.39 is 27.8 Å². The number of hydrogen-bond donors (Lipinski definition) is 2. The van der Waals surface area contributed by atoms with Gasteiger partial charge in [-0.3, -0.25) is 14.3 Å². The molecule has 160 valence electrons. The Balaban J connectivity index is 1.70. The number of ketones is 1. The Morgan fingerprint density at radius 2 is 1.77 bits per heavy atom. The summed E-state index contributed by atoms with van der Waals surface area (Å²) in [6.07, 6.45) is 1.49. The van der Waals surface area contributed by atoms with Gasteiger partial charge in [-0.05, 0) is 55.5 Å². The normalized spacial score (nSPS) is 12.5. The molecule has 0 fully saturated rings. The van der Waals surface area contributed by atoms with Crippen molar-refractivity contribution in [3.05, 3.63) is 65.1 Å². The van der Waals surface area contributed by atoms with Gasteiger partial charge in [0, 0.05) is 22.3 Å². The first-order valence-electron chi connectivity index (χ1n) is 8.75. The van der Waals surface area contributed by atoms with Crippen molar-refractivity contribution in [2.24, 2.45) is 10.2 Å². The summed E-state index contributed by atoms with van der Waals surface area (Å²) in [5.41, 5.74) is 0.733. The lowest BCUT2D eigenvalue weighted by molar-refractivity contribution is -0.126. The van der Waals surface area contributed by atoms with Gasteiger partial charge in [0.1, 0.15) is 0 Å². The van der Waals surface area contributed by atoms with Crippen LogP contribution < -0.4 is 10.0 Å². The van der Waals surface area contributed by atoms with E-state index in [-0.39, 0.29) is 15.7 Å². The number of rotatable bonds is 8. The minimum absolute atomic E-state index is 0.00486. The van der Waals surface area contributed by atoms with E-state index in [0.29, 0.717) is 10.7 Å². The molecule has 3 rings (SSSR count). The Labute approximate surface area is 187 Å². The number of nitrogens with zero attached hydrogens (tertiary/aromatic N) is 3. The third kappa shape index (κ3) is 6.17. The van der Waals surface area contributed by atoms with Crippen molar-refractivity contribution in [2.45, 2.75) is 17.9 Å². The Morgan fingerprint density at radius 3 is 2.35 bits per heavy atom. The number of azo groups is 1. The molecule has 1 heterocycles. The van der Waals surface area contributed by atoms with E-state index in [2.05, 4.69) is 25.3 Å². The molecule has 0 bridgehead atoms. The van der Waals surface area contributed by atoms with Crippen LogP contribution in [-0.2, 0) is 19.6 Å². The van der Waals surface area contributed by atoms with Gasteiger partial charge in [-0.1, -0.05) is 11.6 Å². The first kappa shape index (κ1) is 22.5. The smallest absolute Gasteiger partial charge is 0.263 e. The molecule has 1 amide bonds. The second kappa shape index (κ2) is 9.77. The maximum Gasteiger partial charge on any atom is 0.263 e. The summed E-state index contributed by atoms with van der Waals surface area (Å²) in [6, 6.07) is 10.5. The number of aromatic nitrogens is 1. The lowest BCUT2D eigenvalue weighted by Gasteiger charge is -2.09. The summed E-state index contributed by atoms with van der Waals surface area (Å²) in [5.74, 6) is -1.15. The lowest BCUT2D eigenvalue weighted by Crippen LogP contribution is -2.31. The summed E-state index contributed by atoms with van der Waals surface area (Å²) in [5, 5.41) is 12.7. The van der Waals surface area contributed by atoms with Crippen LogP contribution in [0.2, 0.25) is 5.02 Å². The third-order valence-corrected chi connectivity index (χ3v) is 6.26. The molecule has 9 nitrogen and oxygen atoms in total. The molecular weight excluding hydrogens is 462 g/mol. The minimum Gasteiger partial charge on any atom is -0.324 e. The first-order chi connectivity index (χ1) is 14.7. The van der Waals surface area contributed by atoms with Gasteiger partial charge in [0.05, 0.1) is 10.6 Å². The standard InChI is InChI=1S/C19H16ClN5O4S2/c1-12(26)17(18(27)22-14-4-2-13(20)3-5-14)24-23-15-6-8-16(9-7-15)31(28,29)25-19-21-10-11-30-19/h2-11,17H,1H3,(H,21,25)(H,22,27). The van der Waals surface area contributed by atoms with Crippen LogP contribution in [-0.4, -0.2) is 31.1 Å². The number of nitrogens with one attached hydrogen (secondary N) is 2. The third-order valence-electron chi connectivity index (χ3n) is 3.83. The van der Waals surface area contributed by atoms with Gasteiger partial charge < -0.3 is 5.32 Å². The molecule has 1 aromatic heterocycles. The number of anilines is 2. The molecule has 3 aromatic rings. The summed E-state index contributed by atoms with van der Waals surface area (Å²) < 4.78 is 27.1. The van der Waals surface area contributed by atoms with Crippen LogP contribution in [0.15, 0.2) is 75.2 Å². The van der Waals surface area contributed by atoms with Crippen molar-refractivity contribution >= 4 is 61.2 Å². The van der Waals surface area contributed by atoms with Crippen LogP contribution in [0.3, 0.4) is 0 Å². The molecule has 12 heteroatoms. The summed E-state index contributed by atoms with van der Waals surface area (Å²) in [7, 11) is -3.80. The van der Waals surface area contributed by atoms with Crippen LogP contribution >= 0.6 is 22.9 Å². The highest BCUT2D eigenvalue weighted by atomic mass is 35.5. The molecule has 1 atom stereocenters. The molecule has 0 saturated carbocycles. The van der Waals surface area contributed by atoms with Crippen molar-refractivity contribution in [1.82, 2.24) is 4.98 Å². The number of halogens is 1. The van der Waals surface area contributed by atoms with E-state index in [1.165, 1.54) is 37.4 Å². The van der Waals surface area contributed by atoms with Gasteiger partial charge in [-0.15, -0.1) is 11.3 Å². The Hall–Kier alpha value is -3.15. The maximum absolute atomic E-state index is 12.4. The molecule has 2 aromatic carbocycles. The van der Waals surface area contributed by atoms with Gasteiger partial charge in [0.25, 0.3) is 15.9 Å². The number of carbonyl (C=O) groups excluding carboxylic acids is 2. The number of carbonyl (C=O) groups is 2. The first-order valence-corrected chi connectivity index (χ1v) is 11.5. The highest BCUT2D eigenvalue weighted by Crippen LogP contribution is 2.21. The zero-order valence-corrected chi connectivity index (χ0v) is 18.4. The Kier molecular flexibility index (Phi) is 7.10. The molecule has 0 aliphatic rings. The minimum atomic E-state index is -3.80. The van der Waals surface area contributed by atoms with E-state index in [9.17, 15) is 18.0 Å². The number of thiazole rings is 1. The van der Waals surface area contributed by atoms with Gasteiger partial charge in [-0.25, -0.2) is 13.4 Å². The highest BCUT2D eigenvalue weighted by Gasteiger charge is 2.23. The quantitative estimate of drug-likeness (QED) is 0.369. The number of hydrogen-bond acceptors (Lipinski definition) is 8. The number of Topliss-reactive ketones (excluding diaryl/α,β-unsaturated/α-hetero) is 1. The van der Waals surface area contributed by atoms with E-state index >= 15 is 0 Å². The fourth-order valence-corrected chi connectivity index (χ4v) is 4.24. The number of benzene rings is 2. The van der Waals surface area contributed by atoms with E-state index in [1.807, 2.05) is 0 Å². The van der Waals surface area contributed by atoms with Crippen molar-refractivity contribution in [3.8, 4) is 0 Å². The van der Waals surface area contributed by atoms with Crippen molar-refractivity contribution in [3.63, 3.8) is 0 Å². The van der Waals surface area contributed by atoms with Gasteiger partial charge in [0.2, 0.25) is 6.04 Å². The topological polar surface area (TPSA) is 130 Å². The molecule has 0 aliphatic heterocycles. The second-order valence-corrected chi connectivity index (χ2v) is 9.17. The van der Waals surface area contributed by atoms with Crippen LogP contribution in [0.4, 0.5) is 16.5 Å². The fraction of sp³-hybridized carbons (Fsp3) is 0.105. The van der Waals surface area contributed by atoms with Crippen LogP contribution in [0.25, 0.3) is 0 Å². The molecule has 1 unspecified atom stereocenters. The highest BCUT2D eigenvalue weighted by molar-refractivity contribution is 7.93. The SMILES string of the molecule is CC(=O)C(N=Nc1ccc(S(=O)(=O)Nc2nccs2)cc1)C(=O)Nc1ccc(Cl)cc1. The Bertz CT molecular complexity index is 1200. The van der Waals surface area contributed by atoms with Crippen LogP contribution in [0.1, 0.15) is 6.92 Å². The zero-order valence-electron chi connectivity index (χ0n) is 16.0. The van der Waals surface area contributed by atoms with E-state index in [0.717, 1.165) is 11.3 Å². The number of amides is 1. The predicted octanol–water partition coefficient (Wildman–Crippen LogP) is 4.28. The van der Waals surface area contributed by atoms with Crippen LogP contribution in [0.5, 0.6) is 0 Å². The summed E-state index contributed by atoms with van der Waals surface area (Å²) in [4.78, 5) is 28.1. The predicted molar refractivity (Wildman–Crippen MR) is 118 cm³/mol. The lowest BCUT2D eigenvalue weighted by atomic mass is 10.2. The van der Waals surface area contributed by atoms with E-state index in [1.54, 1.807) is 29.6 Å². The molecule has 2 N–H and O–H groups in total. The average Bonchev–Trinajstić information content (AvgIpc) is 3.22. The molecule has 31 heavy (non-hydrogen) atoms. The van der Waals surface area contributed by atoms with Crippen molar-refractivity contribution in [2.75, 3.05) is 10.0 Å². The van der Waals surface area contributed by atoms with Gasteiger partial charge >= 0.3 is 0 Å². The Morgan fingerprint density at radius 1 is 1.10 bits per heavy atom. The van der Waals surface area contributed by atoms with Crippen molar-refractivity contribution in [1.29, 1.82) is 0 Å².